The molecule has 0 atom stereocenters. The van der Waals surface area contributed by atoms with Crippen molar-refractivity contribution in [3.8, 4) is 11.5 Å². The summed E-state index contributed by atoms with van der Waals surface area (Å²) < 4.78 is 4.91. The summed E-state index contributed by atoms with van der Waals surface area (Å²) in [4.78, 5) is 0. The van der Waals surface area contributed by atoms with Gasteiger partial charge in [-0.05, 0) is 13.0 Å². The van der Waals surface area contributed by atoms with Crippen LogP contribution < -0.4 is 0 Å². The topological polar surface area (TPSA) is 51.8 Å². The van der Waals surface area contributed by atoms with E-state index in [0.717, 1.165) is 11.4 Å². The summed E-state index contributed by atoms with van der Waals surface area (Å²) in [5.41, 5.74) is 1.54. The van der Waals surface area contributed by atoms with Crippen LogP contribution in [0, 0.1) is 6.92 Å². The first-order chi connectivity index (χ1) is 4.88. The molecule has 4 nitrogen and oxygen atoms in total. The van der Waals surface area contributed by atoms with Gasteiger partial charge in [-0.1, -0.05) is 5.16 Å². The van der Waals surface area contributed by atoms with Crippen molar-refractivity contribution in [3.63, 3.8) is 0 Å². The van der Waals surface area contributed by atoms with Crippen LogP contribution in [0.3, 0.4) is 0 Å². The predicted molar refractivity (Wildman–Crippen MR) is 33.5 cm³/mol. The Morgan fingerprint density at radius 3 is 3.10 bits per heavy atom. The number of aromatic nitrogens is 3. The highest BCUT2D eigenvalue weighted by Gasteiger charge is 2.11. The largest absolute Gasteiger partial charge is 0.353 e. The van der Waals surface area contributed by atoms with Gasteiger partial charge in [-0.2, -0.15) is 5.10 Å². The Morgan fingerprint density at radius 2 is 2.30 bits per heavy atom. The molecular weight excluding hydrogens is 130 g/mol. The van der Waals surface area contributed by atoms with Gasteiger partial charge in [0, 0.05) is 0 Å². The molecule has 0 amide bonds. The number of aryl methyl sites for hydroxylation is 1. The third-order valence-electron chi connectivity index (χ3n) is 1.31. The summed E-state index contributed by atoms with van der Waals surface area (Å²) in [6.07, 6.45) is 1.55. The zero-order valence-electron chi connectivity index (χ0n) is 5.40. The van der Waals surface area contributed by atoms with Gasteiger partial charge in [0.2, 0.25) is 5.76 Å². The van der Waals surface area contributed by atoms with Gasteiger partial charge in [0.25, 0.3) is 0 Å². The maximum absolute atomic E-state index is 4.91. The van der Waals surface area contributed by atoms with Crippen molar-refractivity contribution in [1.82, 2.24) is 15.4 Å². The van der Waals surface area contributed by atoms with Crippen molar-refractivity contribution in [2.45, 2.75) is 6.92 Å². The highest BCUT2D eigenvalue weighted by atomic mass is 16.5. The maximum atomic E-state index is 4.91. The van der Waals surface area contributed by atoms with Crippen LogP contribution in [0.1, 0.15) is 5.69 Å². The number of fused-ring (bicyclic) bond motifs is 1. The van der Waals surface area contributed by atoms with Gasteiger partial charge < -0.3 is 4.52 Å². The van der Waals surface area contributed by atoms with Gasteiger partial charge >= 0.3 is 0 Å². The van der Waals surface area contributed by atoms with E-state index < -0.39 is 0 Å². The molecule has 2 aliphatic rings. The van der Waals surface area contributed by atoms with Gasteiger partial charge in [0.05, 0.1) is 6.20 Å². The molecular formula is C6H5N3O. The van der Waals surface area contributed by atoms with E-state index in [2.05, 4.69) is 15.4 Å². The fourth-order valence-corrected chi connectivity index (χ4v) is 0.811. The molecule has 0 aromatic carbocycles. The number of nitrogens with zero attached hydrogens (tertiary/aromatic N) is 3. The summed E-state index contributed by atoms with van der Waals surface area (Å²) in [5.74, 6) is 0.669. The molecule has 2 rings (SSSR count). The summed E-state index contributed by atoms with van der Waals surface area (Å²) in [5, 5.41) is 11.2. The summed E-state index contributed by atoms with van der Waals surface area (Å²) in [7, 11) is 0. The van der Waals surface area contributed by atoms with E-state index in [-0.39, 0.29) is 0 Å². The molecule has 0 spiro atoms. The van der Waals surface area contributed by atoms with Crippen molar-refractivity contribution in [3.05, 3.63) is 18.0 Å². The molecule has 2 heterocycles. The summed E-state index contributed by atoms with van der Waals surface area (Å²) in [6, 6.07) is 1.76. The monoisotopic (exact) mass is 135 g/mol. The van der Waals surface area contributed by atoms with Crippen LogP contribution in [0.2, 0.25) is 0 Å². The van der Waals surface area contributed by atoms with E-state index in [1.165, 1.54) is 0 Å². The second kappa shape index (κ2) is 1.76. The van der Waals surface area contributed by atoms with Gasteiger partial charge in [0.1, 0.15) is 11.4 Å². The minimum Gasteiger partial charge on any atom is -0.353 e. The average molecular weight is 135 g/mol. The van der Waals surface area contributed by atoms with Crippen LogP contribution >= 0.6 is 0 Å². The van der Waals surface area contributed by atoms with E-state index in [9.17, 15) is 0 Å². The second-order valence-electron chi connectivity index (χ2n) is 2.01. The third kappa shape index (κ3) is 0.586. The first-order valence-electron chi connectivity index (χ1n) is 2.91. The van der Waals surface area contributed by atoms with E-state index in [1.807, 2.05) is 6.92 Å². The minimum atomic E-state index is 0.669. The highest BCUT2D eigenvalue weighted by molar-refractivity contribution is 5.53. The fourth-order valence-electron chi connectivity index (χ4n) is 0.811. The Hall–Kier alpha value is -1.45. The van der Waals surface area contributed by atoms with Crippen LogP contribution in [0.15, 0.2) is 16.8 Å². The zero-order valence-corrected chi connectivity index (χ0v) is 5.40. The molecule has 4 heteroatoms. The minimum absolute atomic E-state index is 0.669. The SMILES string of the molecule is Cc1nnc2ccnoc1-2. The zero-order chi connectivity index (χ0) is 6.97. The van der Waals surface area contributed by atoms with Crippen molar-refractivity contribution in [2.24, 2.45) is 0 Å². The lowest BCUT2D eigenvalue weighted by molar-refractivity contribution is 0.410. The molecule has 0 fully saturated rings. The molecule has 0 bridgehead atoms. The van der Waals surface area contributed by atoms with Crippen molar-refractivity contribution >= 4 is 0 Å². The molecule has 0 radical (unpaired) electrons. The van der Waals surface area contributed by atoms with Crippen molar-refractivity contribution in [2.75, 3.05) is 0 Å². The molecule has 10 heavy (non-hydrogen) atoms. The Labute approximate surface area is 57.2 Å². The fraction of sp³-hybridized carbons (Fsp3) is 0.167. The van der Waals surface area contributed by atoms with Gasteiger partial charge in [-0.3, -0.25) is 0 Å². The number of hydrogen-bond donors (Lipinski definition) is 0. The van der Waals surface area contributed by atoms with Crippen LogP contribution in [-0.2, 0) is 0 Å². The molecule has 0 unspecified atom stereocenters. The molecule has 2 aliphatic heterocycles. The Bertz CT molecular complexity index is 317. The van der Waals surface area contributed by atoms with E-state index >= 15 is 0 Å². The molecule has 50 valence electrons. The van der Waals surface area contributed by atoms with E-state index in [4.69, 9.17) is 4.52 Å². The summed E-state index contributed by atoms with van der Waals surface area (Å²) in [6.45, 7) is 1.83. The van der Waals surface area contributed by atoms with Crippen LogP contribution in [-0.4, -0.2) is 15.4 Å². The lowest BCUT2D eigenvalue weighted by atomic mass is 10.3. The quantitative estimate of drug-likeness (QED) is 0.538. The van der Waals surface area contributed by atoms with Crippen molar-refractivity contribution < 1.29 is 4.52 Å². The summed E-state index contributed by atoms with van der Waals surface area (Å²) >= 11 is 0. The number of hydrogen-bond acceptors (Lipinski definition) is 4. The molecule has 0 aromatic rings. The standard InChI is InChI=1S/C6H5N3O/c1-4-6-5(9-8-4)2-3-7-10-6/h2-3H,1H3. The normalized spacial score (nSPS) is 10.5. The van der Waals surface area contributed by atoms with Crippen molar-refractivity contribution in [1.29, 1.82) is 0 Å². The van der Waals surface area contributed by atoms with Gasteiger partial charge in [-0.25, -0.2) is 0 Å². The predicted octanol–water partition coefficient (Wildman–Crippen LogP) is 0.878. The molecule has 0 N–H and O–H groups in total. The van der Waals surface area contributed by atoms with Gasteiger partial charge in [-0.15, -0.1) is 5.10 Å². The third-order valence-corrected chi connectivity index (χ3v) is 1.31. The lowest BCUT2D eigenvalue weighted by Gasteiger charge is -1.89. The Morgan fingerprint density at radius 1 is 1.40 bits per heavy atom. The molecule has 0 aliphatic carbocycles. The highest BCUT2D eigenvalue weighted by Crippen LogP contribution is 2.19. The van der Waals surface area contributed by atoms with Gasteiger partial charge in [0.15, 0.2) is 0 Å². The Kier molecular flexibility index (Phi) is 0.943. The Balaban J connectivity index is 2.78. The first-order valence-corrected chi connectivity index (χ1v) is 2.91. The molecule has 0 saturated carbocycles. The average Bonchev–Trinajstić information content (AvgIpc) is 2.34. The molecule has 0 aromatic heterocycles. The lowest BCUT2D eigenvalue weighted by Crippen LogP contribution is -1.78. The number of rotatable bonds is 0. The second-order valence-corrected chi connectivity index (χ2v) is 2.01. The van der Waals surface area contributed by atoms with Crippen LogP contribution in [0.5, 0.6) is 0 Å². The van der Waals surface area contributed by atoms with E-state index in [0.29, 0.717) is 5.76 Å². The maximum Gasteiger partial charge on any atom is 0.208 e. The van der Waals surface area contributed by atoms with Crippen LogP contribution in [0.25, 0.3) is 11.5 Å². The molecule has 0 saturated heterocycles. The first kappa shape index (κ1) is 5.34. The van der Waals surface area contributed by atoms with Crippen LogP contribution in [0.4, 0.5) is 0 Å². The smallest absolute Gasteiger partial charge is 0.208 e. The van der Waals surface area contributed by atoms with E-state index in [1.54, 1.807) is 12.3 Å².